The van der Waals surface area contributed by atoms with Crippen molar-refractivity contribution in [3.05, 3.63) is 28.2 Å². The summed E-state index contributed by atoms with van der Waals surface area (Å²) in [5.41, 5.74) is 1.09. The molecule has 0 radical (unpaired) electrons. The molecule has 6 heteroatoms. The number of halogens is 1. The van der Waals surface area contributed by atoms with E-state index in [1.165, 1.54) is 11.8 Å². The van der Waals surface area contributed by atoms with Crippen LogP contribution in [0.3, 0.4) is 0 Å². The lowest BCUT2D eigenvalue weighted by atomic mass is 10.2. The lowest BCUT2D eigenvalue weighted by Gasteiger charge is -2.08. The van der Waals surface area contributed by atoms with Crippen LogP contribution in [0.15, 0.2) is 22.7 Å². The van der Waals surface area contributed by atoms with Crippen LogP contribution in [-0.2, 0) is 9.53 Å². The fourth-order valence-corrected chi connectivity index (χ4v) is 2.09. The van der Waals surface area contributed by atoms with Gasteiger partial charge in [0.05, 0.1) is 23.6 Å². The summed E-state index contributed by atoms with van der Waals surface area (Å²) in [6.07, 6.45) is 1.86. The first-order valence-corrected chi connectivity index (χ1v) is 7.52. The minimum Gasteiger partial charge on any atom is -0.462 e. The number of ether oxygens (including phenoxy) is 1. The van der Waals surface area contributed by atoms with E-state index >= 15 is 0 Å². The van der Waals surface area contributed by atoms with Gasteiger partial charge in [0.2, 0.25) is 5.91 Å². The summed E-state index contributed by atoms with van der Waals surface area (Å²) >= 11 is 4.76. The van der Waals surface area contributed by atoms with Crippen molar-refractivity contribution in [3.8, 4) is 0 Å². The van der Waals surface area contributed by atoms with Gasteiger partial charge >= 0.3 is 5.97 Å². The molecule has 0 saturated heterocycles. The molecule has 1 rings (SSSR count). The van der Waals surface area contributed by atoms with Crippen LogP contribution in [0, 0.1) is 0 Å². The van der Waals surface area contributed by atoms with Crippen LogP contribution in [0.4, 0.5) is 5.69 Å². The number of hydrogen-bond donors (Lipinski definition) is 1. The standard InChI is InChI=1S/C12H14BrNO3S/c1-3-17-12(16)8-4-5-10(9(13)6-8)14-11(15)7-18-2/h4-6H,3,7H2,1-2H3,(H,14,15). The Morgan fingerprint density at radius 3 is 2.72 bits per heavy atom. The first-order chi connectivity index (χ1) is 8.58. The Morgan fingerprint density at radius 1 is 1.44 bits per heavy atom. The van der Waals surface area contributed by atoms with E-state index in [4.69, 9.17) is 4.74 Å². The Kier molecular flexibility index (Phi) is 6.21. The van der Waals surface area contributed by atoms with Gasteiger partial charge in [0.1, 0.15) is 0 Å². The summed E-state index contributed by atoms with van der Waals surface area (Å²) in [7, 11) is 0. The van der Waals surface area contributed by atoms with Crippen LogP contribution in [0.5, 0.6) is 0 Å². The minimum absolute atomic E-state index is 0.0768. The Balaban J connectivity index is 2.79. The number of nitrogens with one attached hydrogen (secondary N) is 1. The van der Waals surface area contributed by atoms with Gasteiger partial charge in [0, 0.05) is 4.47 Å². The topological polar surface area (TPSA) is 55.4 Å². The van der Waals surface area contributed by atoms with Gasteiger partial charge in [-0.15, -0.1) is 0 Å². The number of rotatable bonds is 5. The van der Waals surface area contributed by atoms with E-state index in [1.54, 1.807) is 25.1 Å². The Bertz CT molecular complexity index is 451. The second-order valence-corrected chi connectivity index (χ2v) is 5.12. The summed E-state index contributed by atoms with van der Waals surface area (Å²) < 4.78 is 5.55. The smallest absolute Gasteiger partial charge is 0.338 e. The normalized spacial score (nSPS) is 9.94. The van der Waals surface area contributed by atoms with Crippen LogP contribution in [0.1, 0.15) is 17.3 Å². The molecule has 4 nitrogen and oxygen atoms in total. The second-order valence-electron chi connectivity index (χ2n) is 3.40. The predicted molar refractivity (Wildman–Crippen MR) is 77.1 cm³/mol. The lowest BCUT2D eigenvalue weighted by Crippen LogP contribution is -2.14. The van der Waals surface area contributed by atoms with Crippen molar-refractivity contribution >= 4 is 45.3 Å². The molecule has 1 aromatic rings. The van der Waals surface area contributed by atoms with E-state index in [0.717, 1.165) is 0 Å². The molecule has 1 aromatic carbocycles. The maximum absolute atomic E-state index is 11.5. The number of carbonyl (C=O) groups excluding carboxylic acids is 2. The first kappa shape index (κ1) is 15.0. The Morgan fingerprint density at radius 2 is 2.17 bits per heavy atom. The van der Waals surface area contributed by atoms with Crippen molar-refractivity contribution in [2.75, 3.05) is 23.9 Å². The van der Waals surface area contributed by atoms with Gasteiger partial charge in [-0.1, -0.05) is 0 Å². The second kappa shape index (κ2) is 7.43. The van der Waals surface area contributed by atoms with Crippen LogP contribution in [0.2, 0.25) is 0 Å². The molecule has 18 heavy (non-hydrogen) atoms. The van der Waals surface area contributed by atoms with Gasteiger partial charge in [0.15, 0.2) is 0 Å². The zero-order chi connectivity index (χ0) is 13.5. The number of anilines is 1. The zero-order valence-electron chi connectivity index (χ0n) is 10.2. The molecule has 0 spiro atoms. The highest BCUT2D eigenvalue weighted by atomic mass is 79.9. The SMILES string of the molecule is CCOC(=O)c1ccc(NC(=O)CSC)c(Br)c1. The fourth-order valence-electron chi connectivity index (χ4n) is 1.28. The highest BCUT2D eigenvalue weighted by molar-refractivity contribution is 9.10. The lowest BCUT2D eigenvalue weighted by molar-refractivity contribution is -0.113. The third-order valence-electron chi connectivity index (χ3n) is 2.03. The minimum atomic E-state index is -0.375. The summed E-state index contributed by atoms with van der Waals surface area (Å²) in [4.78, 5) is 22.9. The molecule has 1 amide bonds. The maximum Gasteiger partial charge on any atom is 0.338 e. The molecule has 1 N–H and O–H groups in total. The summed E-state index contributed by atoms with van der Waals surface area (Å²) in [6, 6.07) is 4.93. The molecule has 0 aliphatic carbocycles. The van der Waals surface area contributed by atoms with E-state index in [9.17, 15) is 9.59 Å². The molecular formula is C12H14BrNO3S. The van der Waals surface area contributed by atoms with Crippen LogP contribution in [-0.4, -0.2) is 30.5 Å². The van der Waals surface area contributed by atoms with Crippen molar-refractivity contribution in [1.82, 2.24) is 0 Å². The highest BCUT2D eigenvalue weighted by Crippen LogP contribution is 2.24. The zero-order valence-corrected chi connectivity index (χ0v) is 12.6. The monoisotopic (exact) mass is 331 g/mol. The quantitative estimate of drug-likeness (QED) is 0.843. The molecule has 0 aromatic heterocycles. The van der Waals surface area contributed by atoms with Crippen molar-refractivity contribution in [1.29, 1.82) is 0 Å². The molecule has 0 aliphatic rings. The average Bonchev–Trinajstić information content (AvgIpc) is 2.32. The highest BCUT2D eigenvalue weighted by Gasteiger charge is 2.10. The van der Waals surface area contributed by atoms with E-state index < -0.39 is 0 Å². The fraction of sp³-hybridized carbons (Fsp3) is 0.333. The molecular weight excluding hydrogens is 318 g/mol. The number of thioether (sulfide) groups is 1. The number of benzene rings is 1. The third kappa shape index (κ3) is 4.34. The Labute approximate surface area is 119 Å². The van der Waals surface area contributed by atoms with Crippen LogP contribution in [0.25, 0.3) is 0 Å². The summed E-state index contributed by atoms with van der Waals surface area (Å²) in [5, 5.41) is 2.75. The van der Waals surface area contributed by atoms with Gasteiger partial charge in [0.25, 0.3) is 0 Å². The number of carbonyl (C=O) groups is 2. The summed E-state index contributed by atoms with van der Waals surface area (Å²) in [6.45, 7) is 2.09. The van der Waals surface area contributed by atoms with E-state index in [2.05, 4.69) is 21.2 Å². The molecule has 0 saturated carbocycles. The molecule has 0 fully saturated rings. The number of esters is 1. The van der Waals surface area contributed by atoms with Crippen molar-refractivity contribution in [3.63, 3.8) is 0 Å². The van der Waals surface area contributed by atoms with E-state index in [-0.39, 0.29) is 11.9 Å². The number of amides is 1. The predicted octanol–water partition coefficient (Wildman–Crippen LogP) is 2.93. The molecule has 98 valence electrons. The van der Waals surface area contributed by atoms with Crippen molar-refractivity contribution in [2.45, 2.75) is 6.92 Å². The maximum atomic E-state index is 11.5. The molecule has 0 atom stereocenters. The Hall–Kier alpha value is -1.01. The van der Waals surface area contributed by atoms with Crippen molar-refractivity contribution in [2.24, 2.45) is 0 Å². The summed E-state index contributed by atoms with van der Waals surface area (Å²) in [5.74, 6) is -0.0567. The van der Waals surface area contributed by atoms with Gasteiger partial charge < -0.3 is 10.1 Å². The first-order valence-electron chi connectivity index (χ1n) is 5.34. The van der Waals surface area contributed by atoms with Crippen molar-refractivity contribution < 1.29 is 14.3 Å². The molecule has 0 aliphatic heterocycles. The molecule has 0 heterocycles. The van der Waals surface area contributed by atoms with E-state index in [1.807, 2.05) is 6.26 Å². The van der Waals surface area contributed by atoms with Gasteiger partial charge in [-0.3, -0.25) is 4.79 Å². The van der Waals surface area contributed by atoms with Crippen LogP contribution >= 0.6 is 27.7 Å². The molecule has 0 unspecified atom stereocenters. The van der Waals surface area contributed by atoms with E-state index in [0.29, 0.717) is 28.1 Å². The third-order valence-corrected chi connectivity index (χ3v) is 3.24. The van der Waals surface area contributed by atoms with Gasteiger partial charge in [-0.2, -0.15) is 11.8 Å². The largest absolute Gasteiger partial charge is 0.462 e. The van der Waals surface area contributed by atoms with Gasteiger partial charge in [-0.05, 0) is 47.3 Å². The van der Waals surface area contributed by atoms with Gasteiger partial charge in [-0.25, -0.2) is 4.79 Å². The number of hydrogen-bond acceptors (Lipinski definition) is 4. The van der Waals surface area contributed by atoms with Crippen LogP contribution < -0.4 is 5.32 Å². The average molecular weight is 332 g/mol. The molecule has 0 bridgehead atoms.